The second kappa shape index (κ2) is 7.08. The van der Waals surface area contributed by atoms with Gasteiger partial charge in [0.15, 0.2) is 11.5 Å². The Kier molecular flexibility index (Phi) is 5.74. The maximum atomic E-state index is 10.0. The predicted octanol–water partition coefficient (Wildman–Crippen LogP) is 1.78. The molecule has 0 aliphatic rings. The molecule has 1 unspecified atom stereocenters. The Balaban J connectivity index is 3.08. The summed E-state index contributed by atoms with van der Waals surface area (Å²) in [5.41, 5.74) is 0.614. The Morgan fingerprint density at radius 1 is 1.00 bits per heavy atom. The van der Waals surface area contributed by atoms with E-state index < -0.39 is 6.10 Å². The molecule has 0 aromatic heterocycles. The molecular weight excluding hydrogens is 236 g/mol. The minimum absolute atomic E-state index is 0.211. The van der Waals surface area contributed by atoms with Crippen LogP contribution in [0.5, 0.6) is 17.2 Å². The predicted molar refractivity (Wildman–Crippen MR) is 67.6 cm³/mol. The van der Waals surface area contributed by atoms with Crippen LogP contribution >= 0.6 is 0 Å². The number of aliphatic hydroxyl groups excluding tert-OH is 1. The molecule has 0 aliphatic heterocycles. The van der Waals surface area contributed by atoms with Gasteiger partial charge in [-0.3, -0.25) is 0 Å². The van der Waals surface area contributed by atoms with Crippen molar-refractivity contribution in [2.24, 2.45) is 0 Å². The van der Waals surface area contributed by atoms with Crippen LogP contribution in [0.1, 0.15) is 18.6 Å². The van der Waals surface area contributed by atoms with Crippen molar-refractivity contribution in [1.29, 1.82) is 0 Å². The molecule has 102 valence electrons. The van der Waals surface area contributed by atoms with E-state index in [1.165, 1.54) is 7.11 Å². The number of benzene rings is 1. The molecule has 1 rings (SSSR count). The van der Waals surface area contributed by atoms with Gasteiger partial charge in [-0.2, -0.15) is 0 Å². The summed E-state index contributed by atoms with van der Waals surface area (Å²) in [6.45, 7) is 2.63. The summed E-state index contributed by atoms with van der Waals surface area (Å²) in [6.07, 6.45) is -0.764. The van der Waals surface area contributed by atoms with Crippen molar-refractivity contribution in [3.8, 4) is 17.2 Å². The minimum Gasteiger partial charge on any atom is -0.496 e. The molecule has 0 saturated heterocycles. The van der Waals surface area contributed by atoms with Crippen LogP contribution in [0.3, 0.4) is 0 Å². The summed E-state index contributed by atoms with van der Waals surface area (Å²) < 4.78 is 20.8. The lowest BCUT2D eigenvalue weighted by molar-refractivity contribution is 0.0406. The number of rotatable bonds is 7. The first-order valence-corrected chi connectivity index (χ1v) is 5.73. The molecule has 1 aromatic rings. The van der Waals surface area contributed by atoms with E-state index in [-0.39, 0.29) is 6.61 Å². The van der Waals surface area contributed by atoms with Crippen molar-refractivity contribution in [2.75, 3.05) is 34.5 Å². The Morgan fingerprint density at radius 2 is 1.56 bits per heavy atom. The first-order chi connectivity index (χ1) is 8.67. The number of aliphatic hydroxyl groups is 1. The van der Waals surface area contributed by atoms with Crippen molar-refractivity contribution in [3.63, 3.8) is 0 Å². The lowest BCUT2D eigenvalue weighted by Crippen LogP contribution is -2.09. The van der Waals surface area contributed by atoms with Crippen molar-refractivity contribution < 1.29 is 24.1 Å². The molecule has 1 aromatic carbocycles. The number of methoxy groups -OCH3 is 3. The molecule has 0 heterocycles. The summed E-state index contributed by atoms with van der Waals surface area (Å²) in [7, 11) is 4.63. The zero-order chi connectivity index (χ0) is 13.5. The van der Waals surface area contributed by atoms with E-state index in [1.807, 2.05) is 6.92 Å². The molecule has 5 heteroatoms. The molecule has 18 heavy (non-hydrogen) atoms. The number of hydrogen-bond acceptors (Lipinski definition) is 5. The zero-order valence-corrected chi connectivity index (χ0v) is 11.2. The average Bonchev–Trinajstić information content (AvgIpc) is 2.42. The van der Waals surface area contributed by atoms with E-state index in [2.05, 4.69) is 0 Å². The number of ether oxygens (including phenoxy) is 4. The molecule has 0 spiro atoms. The van der Waals surface area contributed by atoms with Crippen LogP contribution in [-0.2, 0) is 4.74 Å². The topological polar surface area (TPSA) is 57.2 Å². The van der Waals surface area contributed by atoms with Gasteiger partial charge >= 0.3 is 0 Å². The highest BCUT2D eigenvalue weighted by Gasteiger charge is 2.18. The summed E-state index contributed by atoms with van der Waals surface area (Å²) in [5.74, 6) is 1.64. The minimum atomic E-state index is -0.764. The van der Waals surface area contributed by atoms with Crippen LogP contribution in [0.2, 0.25) is 0 Å². The van der Waals surface area contributed by atoms with Gasteiger partial charge in [0.1, 0.15) is 11.9 Å². The second-order valence-electron chi connectivity index (χ2n) is 3.62. The molecule has 0 amide bonds. The van der Waals surface area contributed by atoms with E-state index >= 15 is 0 Å². The van der Waals surface area contributed by atoms with Crippen LogP contribution < -0.4 is 14.2 Å². The highest BCUT2D eigenvalue weighted by Crippen LogP contribution is 2.37. The quantitative estimate of drug-likeness (QED) is 0.806. The van der Waals surface area contributed by atoms with Gasteiger partial charge in [-0.05, 0) is 13.0 Å². The zero-order valence-electron chi connectivity index (χ0n) is 11.2. The maximum absolute atomic E-state index is 10.0. The van der Waals surface area contributed by atoms with Gasteiger partial charge in [0.2, 0.25) is 0 Å². The Morgan fingerprint density at radius 3 is 2.06 bits per heavy atom. The lowest BCUT2D eigenvalue weighted by atomic mass is 10.1. The molecule has 0 radical (unpaired) electrons. The third kappa shape index (κ3) is 3.27. The molecule has 0 bridgehead atoms. The smallest absolute Gasteiger partial charge is 0.164 e. The fraction of sp³-hybridized carbons (Fsp3) is 0.538. The molecule has 1 atom stereocenters. The standard InChI is InChI=1S/C13H20O5/c1-5-18-8-10(14)9-6-12(16-3)13(17-4)7-11(9)15-2/h6-7,10,14H,5,8H2,1-4H3. The SMILES string of the molecule is CCOCC(O)c1cc(OC)c(OC)cc1OC. The van der Waals surface area contributed by atoms with E-state index in [0.717, 1.165) is 0 Å². The first-order valence-electron chi connectivity index (χ1n) is 5.73. The lowest BCUT2D eigenvalue weighted by Gasteiger charge is -2.17. The first kappa shape index (κ1) is 14.6. The second-order valence-corrected chi connectivity index (χ2v) is 3.62. The van der Waals surface area contributed by atoms with Crippen LogP contribution in [0.25, 0.3) is 0 Å². The van der Waals surface area contributed by atoms with Crippen LogP contribution in [-0.4, -0.2) is 39.6 Å². The van der Waals surface area contributed by atoms with Crippen LogP contribution in [0, 0.1) is 0 Å². The molecular formula is C13H20O5. The van der Waals surface area contributed by atoms with Gasteiger partial charge < -0.3 is 24.1 Å². The Labute approximate surface area is 107 Å². The highest BCUT2D eigenvalue weighted by molar-refractivity contribution is 5.51. The van der Waals surface area contributed by atoms with Crippen molar-refractivity contribution in [1.82, 2.24) is 0 Å². The van der Waals surface area contributed by atoms with Gasteiger partial charge in [-0.25, -0.2) is 0 Å². The summed E-state index contributed by atoms with van der Waals surface area (Å²) in [4.78, 5) is 0. The molecule has 5 nitrogen and oxygen atoms in total. The van der Waals surface area contributed by atoms with Crippen molar-refractivity contribution in [2.45, 2.75) is 13.0 Å². The molecule has 1 N–H and O–H groups in total. The van der Waals surface area contributed by atoms with E-state index in [1.54, 1.807) is 26.4 Å². The summed E-state index contributed by atoms with van der Waals surface area (Å²) in [6, 6.07) is 3.38. The van der Waals surface area contributed by atoms with Gasteiger partial charge in [0.25, 0.3) is 0 Å². The largest absolute Gasteiger partial charge is 0.496 e. The highest BCUT2D eigenvalue weighted by atomic mass is 16.5. The fourth-order valence-corrected chi connectivity index (χ4v) is 1.63. The maximum Gasteiger partial charge on any atom is 0.164 e. The van der Waals surface area contributed by atoms with Crippen molar-refractivity contribution in [3.05, 3.63) is 17.7 Å². The Hall–Kier alpha value is -1.46. The summed E-state index contributed by atoms with van der Waals surface area (Å²) in [5, 5.41) is 10.0. The van der Waals surface area contributed by atoms with Gasteiger partial charge in [0.05, 0.1) is 27.9 Å². The van der Waals surface area contributed by atoms with Crippen LogP contribution in [0.4, 0.5) is 0 Å². The van der Waals surface area contributed by atoms with Crippen LogP contribution in [0.15, 0.2) is 12.1 Å². The third-order valence-electron chi connectivity index (χ3n) is 2.57. The van der Waals surface area contributed by atoms with Gasteiger partial charge in [-0.15, -0.1) is 0 Å². The third-order valence-corrected chi connectivity index (χ3v) is 2.57. The normalized spacial score (nSPS) is 12.1. The van der Waals surface area contributed by atoms with E-state index in [9.17, 15) is 5.11 Å². The van der Waals surface area contributed by atoms with Gasteiger partial charge in [0, 0.05) is 18.2 Å². The van der Waals surface area contributed by atoms with Gasteiger partial charge in [-0.1, -0.05) is 0 Å². The number of hydrogen-bond donors (Lipinski definition) is 1. The van der Waals surface area contributed by atoms with E-state index in [0.29, 0.717) is 29.4 Å². The molecule has 0 aliphatic carbocycles. The molecule has 0 fully saturated rings. The average molecular weight is 256 g/mol. The monoisotopic (exact) mass is 256 g/mol. The van der Waals surface area contributed by atoms with Crippen molar-refractivity contribution >= 4 is 0 Å². The summed E-state index contributed by atoms with van der Waals surface area (Å²) >= 11 is 0. The fourth-order valence-electron chi connectivity index (χ4n) is 1.63. The Bertz CT molecular complexity index is 378. The van der Waals surface area contributed by atoms with E-state index in [4.69, 9.17) is 18.9 Å². The molecule has 0 saturated carbocycles.